The molecule has 0 radical (unpaired) electrons. The van der Waals surface area contributed by atoms with Gasteiger partial charge in [0.1, 0.15) is 0 Å². The summed E-state index contributed by atoms with van der Waals surface area (Å²) in [6, 6.07) is 0.632. The molecule has 3 aliphatic rings. The van der Waals surface area contributed by atoms with Crippen molar-refractivity contribution in [2.75, 3.05) is 13.1 Å². The standard InChI is InChI=1S/C16H28N2O/c1-12(16(19)18-8-4-2-3-5-9-18)17-15-11-13-6-7-14(15)10-13/h12-15,17H,2-11H2,1H3. The van der Waals surface area contributed by atoms with Crippen LogP contribution in [0.2, 0.25) is 0 Å². The van der Waals surface area contributed by atoms with Gasteiger partial charge in [0.2, 0.25) is 5.91 Å². The highest BCUT2D eigenvalue weighted by molar-refractivity contribution is 5.81. The maximum absolute atomic E-state index is 12.5. The second-order valence-electron chi connectivity index (χ2n) is 6.91. The first-order valence-electron chi connectivity index (χ1n) is 8.29. The van der Waals surface area contributed by atoms with Gasteiger partial charge < -0.3 is 10.2 Å². The van der Waals surface area contributed by atoms with Gasteiger partial charge in [-0.25, -0.2) is 0 Å². The summed E-state index contributed by atoms with van der Waals surface area (Å²) in [6.07, 6.45) is 10.5. The summed E-state index contributed by atoms with van der Waals surface area (Å²) in [5.74, 6) is 2.14. The van der Waals surface area contributed by atoms with Crippen LogP contribution < -0.4 is 5.32 Å². The maximum atomic E-state index is 12.5. The van der Waals surface area contributed by atoms with Gasteiger partial charge in [0.15, 0.2) is 0 Å². The first-order chi connectivity index (χ1) is 9.24. The number of fused-ring (bicyclic) bond motifs is 2. The molecule has 2 saturated carbocycles. The minimum absolute atomic E-state index is 0.0162. The Hall–Kier alpha value is -0.570. The first kappa shape index (κ1) is 13.4. The summed E-state index contributed by atoms with van der Waals surface area (Å²) >= 11 is 0. The third-order valence-corrected chi connectivity index (χ3v) is 5.49. The molecule has 1 amide bonds. The summed E-state index contributed by atoms with van der Waals surface area (Å²) in [5, 5.41) is 3.64. The van der Waals surface area contributed by atoms with Crippen molar-refractivity contribution in [3.05, 3.63) is 0 Å². The van der Waals surface area contributed by atoms with E-state index in [2.05, 4.69) is 17.1 Å². The molecule has 1 N–H and O–H groups in total. The lowest BCUT2D eigenvalue weighted by Gasteiger charge is -2.30. The van der Waals surface area contributed by atoms with Crippen molar-refractivity contribution in [2.24, 2.45) is 11.8 Å². The van der Waals surface area contributed by atoms with Gasteiger partial charge in [0, 0.05) is 19.1 Å². The number of carbonyl (C=O) groups excluding carboxylic acids is 1. The molecule has 3 nitrogen and oxygen atoms in total. The average molecular weight is 264 g/mol. The van der Waals surface area contributed by atoms with Crippen molar-refractivity contribution in [2.45, 2.75) is 70.4 Å². The van der Waals surface area contributed by atoms with E-state index >= 15 is 0 Å². The average Bonchev–Trinajstić information content (AvgIpc) is 2.91. The lowest BCUT2D eigenvalue weighted by atomic mass is 9.95. The molecular weight excluding hydrogens is 236 g/mol. The van der Waals surface area contributed by atoms with E-state index in [9.17, 15) is 4.79 Å². The third kappa shape index (κ3) is 2.96. The van der Waals surface area contributed by atoms with Gasteiger partial charge in [0.25, 0.3) is 0 Å². The minimum Gasteiger partial charge on any atom is -0.341 e. The van der Waals surface area contributed by atoms with Crippen molar-refractivity contribution >= 4 is 5.91 Å². The van der Waals surface area contributed by atoms with Crippen molar-refractivity contribution in [1.29, 1.82) is 0 Å². The van der Waals surface area contributed by atoms with Gasteiger partial charge in [-0.3, -0.25) is 4.79 Å². The van der Waals surface area contributed by atoms with E-state index in [0.29, 0.717) is 11.9 Å². The Morgan fingerprint density at radius 2 is 1.84 bits per heavy atom. The molecule has 3 fully saturated rings. The molecule has 3 heteroatoms. The quantitative estimate of drug-likeness (QED) is 0.849. The second kappa shape index (κ2) is 5.82. The predicted molar refractivity (Wildman–Crippen MR) is 76.9 cm³/mol. The summed E-state index contributed by atoms with van der Waals surface area (Å²) in [4.78, 5) is 14.6. The molecule has 3 rings (SSSR count). The second-order valence-corrected chi connectivity index (χ2v) is 6.91. The zero-order valence-electron chi connectivity index (χ0n) is 12.2. The summed E-state index contributed by atoms with van der Waals surface area (Å²) in [6.45, 7) is 4.02. The van der Waals surface area contributed by atoms with Crippen LogP contribution in [-0.2, 0) is 4.79 Å². The third-order valence-electron chi connectivity index (χ3n) is 5.49. The van der Waals surface area contributed by atoms with Crippen LogP contribution >= 0.6 is 0 Å². The number of hydrogen-bond donors (Lipinski definition) is 1. The van der Waals surface area contributed by atoms with Crippen LogP contribution in [0, 0.1) is 11.8 Å². The molecule has 0 aromatic heterocycles. The molecule has 108 valence electrons. The number of carbonyl (C=O) groups is 1. The fourth-order valence-corrected chi connectivity index (χ4v) is 4.41. The molecular formula is C16H28N2O. The predicted octanol–water partition coefficient (Wildman–Crippen LogP) is 2.56. The Morgan fingerprint density at radius 3 is 2.42 bits per heavy atom. The fraction of sp³-hybridized carbons (Fsp3) is 0.938. The van der Waals surface area contributed by atoms with Crippen LogP contribution in [0.15, 0.2) is 0 Å². The Balaban J connectivity index is 1.51. The van der Waals surface area contributed by atoms with Crippen molar-refractivity contribution in [3.63, 3.8) is 0 Å². The lowest BCUT2D eigenvalue weighted by Crippen LogP contribution is -2.49. The Kier molecular flexibility index (Phi) is 4.11. The monoisotopic (exact) mass is 264 g/mol. The SMILES string of the molecule is CC(NC1CC2CCC1C2)C(=O)N1CCCCCC1. The highest BCUT2D eigenvalue weighted by atomic mass is 16.2. The van der Waals surface area contributed by atoms with Gasteiger partial charge in [0.05, 0.1) is 6.04 Å². The number of rotatable bonds is 3. The van der Waals surface area contributed by atoms with Crippen LogP contribution in [0.4, 0.5) is 0 Å². The van der Waals surface area contributed by atoms with Crippen molar-refractivity contribution < 1.29 is 4.79 Å². The normalized spacial score (nSPS) is 36.3. The molecule has 2 bridgehead atoms. The molecule has 4 unspecified atom stereocenters. The Labute approximate surface area is 117 Å². The Bertz CT molecular complexity index is 323. The van der Waals surface area contributed by atoms with Gasteiger partial charge in [-0.1, -0.05) is 19.3 Å². The molecule has 19 heavy (non-hydrogen) atoms. The van der Waals surface area contributed by atoms with Crippen LogP contribution in [-0.4, -0.2) is 36.0 Å². The van der Waals surface area contributed by atoms with Crippen LogP contribution in [0.25, 0.3) is 0 Å². The molecule has 0 aromatic rings. The molecule has 2 aliphatic carbocycles. The fourth-order valence-electron chi connectivity index (χ4n) is 4.41. The molecule has 0 aromatic carbocycles. The summed E-state index contributed by atoms with van der Waals surface area (Å²) in [5.41, 5.74) is 0. The van der Waals surface area contributed by atoms with Crippen LogP contribution in [0.3, 0.4) is 0 Å². The molecule has 4 atom stereocenters. The maximum Gasteiger partial charge on any atom is 0.239 e. The van der Waals surface area contributed by atoms with E-state index in [1.54, 1.807) is 0 Å². The van der Waals surface area contributed by atoms with Crippen molar-refractivity contribution in [1.82, 2.24) is 10.2 Å². The highest BCUT2D eigenvalue weighted by Gasteiger charge is 2.40. The van der Waals surface area contributed by atoms with Gasteiger partial charge in [-0.15, -0.1) is 0 Å². The summed E-state index contributed by atoms with van der Waals surface area (Å²) < 4.78 is 0. The van der Waals surface area contributed by atoms with E-state index in [0.717, 1.165) is 24.9 Å². The number of nitrogens with zero attached hydrogens (tertiary/aromatic N) is 1. The van der Waals surface area contributed by atoms with Crippen LogP contribution in [0.1, 0.15) is 58.3 Å². The van der Waals surface area contributed by atoms with Gasteiger partial charge in [-0.05, 0) is 50.9 Å². The van der Waals surface area contributed by atoms with Gasteiger partial charge in [-0.2, -0.15) is 0 Å². The topological polar surface area (TPSA) is 32.3 Å². The Morgan fingerprint density at radius 1 is 1.11 bits per heavy atom. The van der Waals surface area contributed by atoms with E-state index in [1.165, 1.54) is 51.4 Å². The smallest absolute Gasteiger partial charge is 0.239 e. The molecule has 0 spiro atoms. The number of amides is 1. The molecule has 1 heterocycles. The lowest BCUT2D eigenvalue weighted by molar-refractivity contribution is -0.133. The molecule has 1 aliphatic heterocycles. The minimum atomic E-state index is 0.0162. The van der Waals surface area contributed by atoms with Crippen molar-refractivity contribution in [3.8, 4) is 0 Å². The first-order valence-corrected chi connectivity index (χ1v) is 8.29. The number of hydrogen-bond acceptors (Lipinski definition) is 2. The number of likely N-dealkylation sites (tertiary alicyclic amines) is 1. The van der Waals surface area contributed by atoms with E-state index < -0.39 is 0 Å². The van der Waals surface area contributed by atoms with Crippen LogP contribution in [0.5, 0.6) is 0 Å². The highest BCUT2D eigenvalue weighted by Crippen LogP contribution is 2.44. The number of nitrogens with one attached hydrogen (secondary N) is 1. The van der Waals surface area contributed by atoms with Gasteiger partial charge >= 0.3 is 0 Å². The zero-order valence-corrected chi connectivity index (χ0v) is 12.2. The zero-order chi connectivity index (χ0) is 13.2. The molecule has 1 saturated heterocycles. The largest absolute Gasteiger partial charge is 0.341 e. The van der Waals surface area contributed by atoms with E-state index in [-0.39, 0.29) is 6.04 Å². The summed E-state index contributed by atoms with van der Waals surface area (Å²) in [7, 11) is 0. The van der Waals surface area contributed by atoms with E-state index in [1.807, 2.05) is 0 Å². The van der Waals surface area contributed by atoms with E-state index in [4.69, 9.17) is 0 Å².